The maximum absolute atomic E-state index is 12.4. The summed E-state index contributed by atoms with van der Waals surface area (Å²) < 4.78 is 1.78. The second-order valence-corrected chi connectivity index (χ2v) is 5.96. The molecule has 0 unspecified atom stereocenters. The quantitative estimate of drug-likeness (QED) is 0.729. The Morgan fingerprint density at radius 1 is 1.30 bits per heavy atom. The topological polar surface area (TPSA) is 59.8 Å². The number of nitrogens with one attached hydrogen (secondary N) is 1. The highest BCUT2D eigenvalue weighted by Gasteiger charge is 2.12. The highest BCUT2D eigenvalue weighted by atomic mass is 35.5. The molecule has 0 saturated heterocycles. The number of rotatable bonds is 4. The Balaban J connectivity index is 1.78. The third-order valence-electron chi connectivity index (χ3n) is 3.19. The van der Waals surface area contributed by atoms with Gasteiger partial charge in [0.2, 0.25) is 0 Å². The van der Waals surface area contributed by atoms with Gasteiger partial charge in [0.25, 0.3) is 5.91 Å². The summed E-state index contributed by atoms with van der Waals surface area (Å²) in [6, 6.07) is 8.97. The number of nitrogens with zero attached hydrogens (tertiary/aromatic N) is 3. The molecule has 1 aromatic carbocycles. The minimum Gasteiger partial charge on any atom is -0.321 e. The van der Waals surface area contributed by atoms with E-state index in [1.807, 2.05) is 12.3 Å². The molecule has 0 aliphatic carbocycles. The number of thioether (sulfide) groups is 1. The van der Waals surface area contributed by atoms with E-state index in [2.05, 4.69) is 15.3 Å². The molecule has 116 valence electrons. The number of amides is 1. The number of halogens is 1. The summed E-state index contributed by atoms with van der Waals surface area (Å²) in [7, 11) is 0. The molecular formula is C16H13ClN4OS. The Labute approximate surface area is 142 Å². The Morgan fingerprint density at radius 3 is 2.83 bits per heavy atom. The molecule has 2 aromatic heterocycles. The lowest BCUT2D eigenvalue weighted by Gasteiger charge is -2.08. The van der Waals surface area contributed by atoms with Crippen LogP contribution in [0.2, 0.25) is 5.02 Å². The van der Waals surface area contributed by atoms with Crippen LogP contribution in [0.25, 0.3) is 5.82 Å². The van der Waals surface area contributed by atoms with Crippen LogP contribution in [-0.4, -0.2) is 26.7 Å². The van der Waals surface area contributed by atoms with E-state index in [1.54, 1.807) is 65.5 Å². The van der Waals surface area contributed by atoms with Crippen molar-refractivity contribution in [3.63, 3.8) is 0 Å². The number of anilines is 1. The zero-order valence-corrected chi connectivity index (χ0v) is 13.8. The predicted octanol–water partition coefficient (Wildman–Crippen LogP) is 3.89. The van der Waals surface area contributed by atoms with Crippen LogP contribution in [0.15, 0.2) is 60.1 Å². The number of aromatic nitrogens is 3. The first-order valence-electron chi connectivity index (χ1n) is 6.76. The van der Waals surface area contributed by atoms with Crippen LogP contribution in [-0.2, 0) is 0 Å². The number of pyridine rings is 1. The van der Waals surface area contributed by atoms with Gasteiger partial charge in [-0.05, 0) is 36.6 Å². The largest absolute Gasteiger partial charge is 0.321 e. The molecule has 7 heteroatoms. The number of carbonyl (C=O) groups excluding carboxylic acids is 1. The molecule has 0 fully saturated rings. The first kappa shape index (κ1) is 15.6. The van der Waals surface area contributed by atoms with Gasteiger partial charge in [0.1, 0.15) is 12.1 Å². The van der Waals surface area contributed by atoms with E-state index in [4.69, 9.17) is 11.6 Å². The van der Waals surface area contributed by atoms with Gasteiger partial charge >= 0.3 is 0 Å². The minimum atomic E-state index is -0.261. The highest BCUT2D eigenvalue weighted by molar-refractivity contribution is 7.98. The van der Waals surface area contributed by atoms with E-state index >= 15 is 0 Å². The number of benzene rings is 1. The van der Waals surface area contributed by atoms with E-state index < -0.39 is 0 Å². The molecule has 1 amide bonds. The lowest BCUT2D eigenvalue weighted by Crippen LogP contribution is -2.13. The molecule has 1 N–H and O–H groups in total. The van der Waals surface area contributed by atoms with Crippen molar-refractivity contribution in [2.75, 3.05) is 11.6 Å². The molecule has 0 bridgehead atoms. The van der Waals surface area contributed by atoms with Gasteiger partial charge < -0.3 is 5.32 Å². The minimum absolute atomic E-state index is 0.261. The van der Waals surface area contributed by atoms with Gasteiger partial charge in [-0.1, -0.05) is 11.6 Å². The van der Waals surface area contributed by atoms with Crippen LogP contribution >= 0.6 is 23.4 Å². The molecule has 2 heterocycles. The van der Waals surface area contributed by atoms with Gasteiger partial charge in [-0.25, -0.2) is 9.97 Å². The van der Waals surface area contributed by atoms with Crippen molar-refractivity contribution in [1.29, 1.82) is 0 Å². The lowest BCUT2D eigenvalue weighted by molar-refractivity contribution is 0.102. The fraction of sp³-hybridized carbons (Fsp3) is 0.0625. The summed E-state index contributed by atoms with van der Waals surface area (Å²) in [6.07, 6.45) is 8.68. The van der Waals surface area contributed by atoms with Crippen LogP contribution in [0, 0.1) is 0 Å². The predicted molar refractivity (Wildman–Crippen MR) is 92.5 cm³/mol. The molecule has 0 radical (unpaired) electrons. The van der Waals surface area contributed by atoms with Crippen LogP contribution in [0.3, 0.4) is 0 Å². The maximum Gasteiger partial charge on any atom is 0.257 e. The van der Waals surface area contributed by atoms with Crippen molar-refractivity contribution in [1.82, 2.24) is 14.5 Å². The van der Waals surface area contributed by atoms with E-state index in [1.165, 1.54) is 0 Å². The highest BCUT2D eigenvalue weighted by Crippen LogP contribution is 2.24. The third-order valence-corrected chi connectivity index (χ3v) is 4.25. The Hall–Kier alpha value is -2.31. The third kappa shape index (κ3) is 3.55. The zero-order valence-electron chi connectivity index (χ0n) is 12.2. The molecule has 3 rings (SSSR count). The van der Waals surface area contributed by atoms with Crippen molar-refractivity contribution in [2.45, 2.75) is 4.90 Å². The summed E-state index contributed by atoms with van der Waals surface area (Å²) in [5, 5.41) is 3.22. The van der Waals surface area contributed by atoms with Crippen molar-refractivity contribution >= 4 is 35.0 Å². The molecule has 23 heavy (non-hydrogen) atoms. The Kier molecular flexibility index (Phi) is 4.64. The van der Waals surface area contributed by atoms with E-state index in [0.717, 1.165) is 10.7 Å². The standard InChI is InChI=1S/C16H13ClN4OS/c1-23-12-3-4-14(17)13(8-12)16(22)20-11-2-5-15(19-9-11)21-7-6-18-10-21/h2-10H,1H3,(H,20,22). The van der Waals surface area contributed by atoms with Gasteiger partial charge in [0, 0.05) is 17.3 Å². The van der Waals surface area contributed by atoms with Gasteiger partial charge in [0.05, 0.1) is 22.5 Å². The summed E-state index contributed by atoms with van der Waals surface area (Å²) >= 11 is 7.67. The van der Waals surface area contributed by atoms with Gasteiger partial charge in [-0.2, -0.15) is 0 Å². The van der Waals surface area contributed by atoms with E-state index in [-0.39, 0.29) is 5.91 Å². The average molecular weight is 345 g/mol. The molecule has 0 saturated carbocycles. The SMILES string of the molecule is CSc1ccc(Cl)c(C(=O)Nc2ccc(-n3ccnc3)nc2)c1. The molecule has 5 nitrogen and oxygen atoms in total. The number of carbonyl (C=O) groups is 1. The van der Waals surface area contributed by atoms with E-state index in [9.17, 15) is 4.79 Å². The van der Waals surface area contributed by atoms with Crippen molar-refractivity contribution in [3.05, 3.63) is 65.8 Å². The summed E-state index contributed by atoms with van der Waals surface area (Å²) in [5.41, 5.74) is 1.04. The number of hydrogen-bond donors (Lipinski definition) is 1. The second kappa shape index (κ2) is 6.85. The van der Waals surface area contributed by atoms with Crippen LogP contribution in [0.1, 0.15) is 10.4 Å². The van der Waals surface area contributed by atoms with Crippen LogP contribution < -0.4 is 5.32 Å². The van der Waals surface area contributed by atoms with E-state index in [0.29, 0.717) is 16.3 Å². The van der Waals surface area contributed by atoms with Crippen molar-refractivity contribution in [3.8, 4) is 5.82 Å². The zero-order chi connectivity index (χ0) is 16.2. The van der Waals surface area contributed by atoms with Gasteiger partial charge in [-0.3, -0.25) is 9.36 Å². The summed E-state index contributed by atoms with van der Waals surface area (Å²) in [6.45, 7) is 0. The first-order valence-corrected chi connectivity index (χ1v) is 8.37. The molecule has 0 atom stereocenters. The van der Waals surface area contributed by atoms with Crippen molar-refractivity contribution in [2.24, 2.45) is 0 Å². The fourth-order valence-corrected chi connectivity index (χ4v) is 2.65. The van der Waals surface area contributed by atoms with Crippen molar-refractivity contribution < 1.29 is 4.79 Å². The van der Waals surface area contributed by atoms with Gasteiger partial charge in [-0.15, -0.1) is 11.8 Å². The summed E-state index contributed by atoms with van der Waals surface area (Å²) in [4.78, 5) is 21.6. The molecule has 0 aliphatic rings. The van der Waals surface area contributed by atoms with Gasteiger partial charge in [0.15, 0.2) is 0 Å². The maximum atomic E-state index is 12.4. The lowest BCUT2D eigenvalue weighted by atomic mass is 10.2. The van der Waals surface area contributed by atoms with Crippen LogP contribution in [0.4, 0.5) is 5.69 Å². The fourth-order valence-electron chi connectivity index (χ4n) is 2.01. The number of hydrogen-bond acceptors (Lipinski definition) is 4. The Bertz CT molecular complexity index is 819. The summed E-state index contributed by atoms with van der Waals surface area (Å²) in [5.74, 6) is 0.464. The molecular weight excluding hydrogens is 332 g/mol. The Morgan fingerprint density at radius 2 is 2.17 bits per heavy atom. The monoisotopic (exact) mass is 344 g/mol. The smallest absolute Gasteiger partial charge is 0.257 e. The second-order valence-electron chi connectivity index (χ2n) is 4.67. The molecule has 0 aliphatic heterocycles. The molecule has 3 aromatic rings. The normalized spacial score (nSPS) is 10.5. The molecule has 0 spiro atoms. The number of imidazole rings is 1. The van der Waals surface area contributed by atoms with Crippen LogP contribution in [0.5, 0.6) is 0 Å². The average Bonchev–Trinajstić information content (AvgIpc) is 3.10. The first-order chi connectivity index (χ1) is 11.2.